The summed E-state index contributed by atoms with van der Waals surface area (Å²) in [6, 6.07) is 6.51. The molecule has 0 aliphatic carbocycles. The van der Waals surface area contributed by atoms with Crippen molar-refractivity contribution in [3.8, 4) is 0 Å². The summed E-state index contributed by atoms with van der Waals surface area (Å²) >= 11 is 0. The lowest BCUT2D eigenvalue weighted by Crippen LogP contribution is -2.29. The second-order valence-corrected chi connectivity index (χ2v) is 15.8. The predicted octanol–water partition coefficient (Wildman–Crippen LogP) is 11.6. The molecule has 1 rings (SSSR count). The second-order valence-electron chi connectivity index (χ2n) is 15.8. The van der Waals surface area contributed by atoms with Gasteiger partial charge in [-0.15, -0.1) is 0 Å². The Balaban J connectivity index is 2.75. The first-order chi connectivity index (χ1) is 28.3. The third-order valence-electron chi connectivity index (χ3n) is 11.0. The molecule has 0 fully saturated rings. The zero-order chi connectivity index (χ0) is 42.6. The molecule has 0 aliphatic heterocycles. The number of unbranched alkanes of at least 4 members (excludes halogenated alkanes) is 4. The minimum absolute atomic E-state index is 0.00452. The van der Waals surface area contributed by atoms with Gasteiger partial charge in [-0.25, -0.2) is 9.59 Å². The van der Waals surface area contributed by atoms with Crippen molar-refractivity contribution in [1.29, 1.82) is 0 Å². The molecule has 58 heavy (non-hydrogen) atoms. The molecule has 10 heteroatoms. The maximum Gasteiger partial charge on any atom is 0.339 e. The molecule has 0 heterocycles. The van der Waals surface area contributed by atoms with Gasteiger partial charge in [-0.3, -0.25) is 0 Å². The minimum atomic E-state index is -0.628. The van der Waals surface area contributed by atoms with Crippen molar-refractivity contribution in [2.45, 2.75) is 171 Å². The number of hydrogen-bond donors (Lipinski definition) is 0. The molecule has 0 radical (unpaired) electrons. The van der Waals surface area contributed by atoms with Crippen molar-refractivity contribution in [3.63, 3.8) is 0 Å². The number of benzene rings is 1. The van der Waals surface area contributed by atoms with E-state index in [4.69, 9.17) is 37.9 Å². The summed E-state index contributed by atoms with van der Waals surface area (Å²) in [6.45, 7) is 21.0. The normalized spacial score (nSPS) is 14.8. The summed E-state index contributed by atoms with van der Waals surface area (Å²) in [4.78, 5) is 26.4. The van der Waals surface area contributed by atoms with Gasteiger partial charge in [-0.05, 0) is 61.5 Å². The van der Waals surface area contributed by atoms with Crippen LogP contribution in [-0.4, -0.2) is 90.6 Å². The molecule has 338 valence electrons. The maximum absolute atomic E-state index is 13.2. The van der Waals surface area contributed by atoms with Gasteiger partial charge in [-0.1, -0.05) is 145 Å². The van der Waals surface area contributed by atoms with E-state index in [1.165, 1.54) is 38.5 Å². The van der Waals surface area contributed by atoms with Gasteiger partial charge in [0, 0.05) is 13.2 Å². The van der Waals surface area contributed by atoms with E-state index in [-0.39, 0.29) is 37.6 Å². The Morgan fingerprint density at radius 1 is 0.431 bits per heavy atom. The molecule has 0 aromatic heterocycles. The SMILES string of the molecule is CCCCC(CC)COCC(OCCOC(=O)c1ccccc1C(=O)OCCOC(COCC(CC)CCCC)OCC(CC)CCCC)OCC(CC)CCCC. The van der Waals surface area contributed by atoms with Crippen molar-refractivity contribution in [2.24, 2.45) is 23.7 Å². The van der Waals surface area contributed by atoms with E-state index in [1.54, 1.807) is 24.3 Å². The van der Waals surface area contributed by atoms with Gasteiger partial charge in [0.2, 0.25) is 0 Å². The fourth-order valence-electron chi connectivity index (χ4n) is 6.65. The van der Waals surface area contributed by atoms with Gasteiger partial charge in [0.25, 0.3) is 0 Å². The second kappa shape index (κ2) is 36.7. The molecule has 10 nitrogen and oxygen atoms in total. The van der Waals surface area contributed by atoms with Crippen LogP contribution in [0.3, 0.4) is 0 Å². The van der Waals surface area contributed by atoms with Crippen LogP contribution in [0.15, 0.2) is 24.3 Å². The highest BCUT2D eigenvalue weighted by atomic mass is 16.7. The first-order valence-electron chi connectivity index (χ1n) is 23.3. The third kappa shape index (κ3) is 25.5. The van der Waals surface area contributed by atoms with Gasteiger partial charge in [0.15, 0.2) is 12.6 Å². The number of carbonyl (C=O) groups excluding carboxylic acids is 2. The molecule has 0 N–H and O–H groups in total. The smallest absolute Gasteiger partial charge is 0.339 e. The number of hydrogen-bond acceptors (Lipinski definition) is 10. The van der Waals surface area contributed by atoms with Crippen molar-refractivity contribution >= 4 is 11.9 Å². The van der Waals surface area contributed by atoms with Crippen LogP contribution >= 0.6 is 0 Å². The van der Waals surface area contributed by atoms with E-state index in [1.807, 2.05) is 0 Å². The number of ether oxygens (including phenoxy) is 8. The zero-order valence-electron chi connectivity index (χ0n) is 38.2. The van der Waals surface area contributed by atoms with Crippen LogP contribution in [0.5, 0.6) is 0 Å². The number of esters is 2. The minimum Gasteiger partial charge on any atom is -0.460 e. The van der Waals surface area contributed by atoms with Crippen LogP contribution in [-0.2, 0) is 37.9 Å². The Morgan fingerprint density at radius 3 is 1.07 bits per heavy atom. The van der Waals surface area contributed by atoms with E-state index in [0.29, 0.717) is 63.3 Å². The lowest BCUT2D eigenvalue weighted by atomic mass is 10.0. The molecule has 0 saturated carbocycles. The van der Waals surface area contributed by atoms with Gasteiger partial charge in [-0.2, -0.15) is 0 Å². The molecular formula is C48H86O10. The molecular weight excluding hydrogens is 737 g/mol. The van der Waals surface area contributed by atoms with E-state index in [2.05, 4.69) is 55.4 Å². The summed E-state index contributed by atoms with van der Waals surface area (Å²) in [5, 5.41) is 0. The highest BCUT2D eigenvalue weighted by molar-refractivity contribution is 6.03. The first-order valence-corrected chi connectivity index (χ1v) is 23.3. The summed E-state index contributed by atoms with van der Waals surface area (Å²) in [6.07, 6.45) is 17.0. The highest BCUT2D eigenvalue weighted by Gasteiger charge is 2.21. The summed E-state index contributed by atoms with van der Waals surface area (Å²) in [5.41, 5.74) is 0.259. The largest absolute Gasteiger partial charge is 0.460 e. The molecule has 1 aromatic rings. The maximum atomic E-state index is 13.2. The van der Waals surface area contributed by atoms with Crippen molar-refractivity contribution in [3.05, 3.63) is 35.4 Å². The van der Waals surface area contributed by atoms with E-state index in [9.17, 15) is 9.59 Å². The Kier molecular flexibility index (Phi) is 34.2. The van der Waals surface area contributed by atoms with Crippen molar-refractivity contribution < 1.29 is 47.5 Å². The summed E-state index contributed by atoms with van der Waals surface area (Å²) in [5.74, 6) is 0.676. The summed E-state index contributed by atoms with van der Waals surface area (Å²) < 4.78 is 47.8. The molecule has 0 aliphatic rings. The van der Waals surface area contributed by atoms with Crippen molar-refractivity contribution in [2.75, 3.05) is 66.1 Å². The van der Waals surface area contributed by atoms with Crippen LogP contribution in [0.1, 0.15) is 179 Å². The Morgan fingerprint density at radius 2 is 0.759 bits per heavy atom. The van der Waals surface area contributed by atoms with Gasteiger partial charge in [0.05, 0.1) is 50.8 Å². The predicted molar refractivity (Wildman–Crippen MR) is 233 cm³/mol. The van der Waals surface area contributed by atoms with Crippen LogP contribution in [0.25, 0.3) is 0 Å². The van der Waals surface area contributed by atoms with E-state index >= 15 is 0 Å². The van der Waals surface area contributed by atoms with Gasteiger partial charge in [0.1, 0.15) is 13.2 Å². The van der Waals surface area contributed by atoms with Crippen LogP contribution < -0.4 is 0 Å². The standard InChI is InChI=1S/C48H86O10/c1-9-17-23-39(13-5)33-51-37-45(57-35-41(15-7)25-19-11-3)53-29-31-55-47(49)43-27-21-22-28-44(43)48(50)56-32-30-54-46(58-36-42(16-8)26-20-12-4)38-52-34-40(14-6)24-18-10-2/h21-22,27-28,39-42,45-46H,9-20,23-26,29-38H2,1-8H3. The quantitative estimate of drug-likeness (QED) is 0.0361. The summed E-state index contributed by atoms with van der Waals surface area (Å²) in [7, 11) is 0. The van der Waals surface area contributed by atoms with Crippen LogP contribution in [0.4, 0.5) is 0 Å². The van der Waals surface area contributed by atoms with E-state index < -0.39 is 24.5 Å². The fraction of sp³-hybridized carbons (Fsp3) is 0.833. The molecule has 1 aromatic carbocycles. The molecule has 6 atom stereocenters. The van der Waals surface area contributed by atoms with E-state index in [0.717, 1.165) is 64.2 Å². The number of rotatable bonds is 40. The lowest BCUT2D eigenvalue weighted by Gasteiger charge is -2.23. The van der Waals surface area contributed by atoms with Crippen molar-refractivity contribution in [1.82, 2.24) is 0 Å². The molecule has 0 bridgehead atoms. The van der Waals surface area contributed by atoms with Crippen LogP contribution in [0.2, 0.25) is 0 Å². The lowest BCUT2D eigenvalue weighted by molar-refractivity contribution is -0.184. The first kappa shape index (κ1) is 53.9. The Bertz CT molecular complexity index is 1030. The Labute approximate surface area is 354 Å². The van der Waals surface area contributed by atoms with Crippen LogP contribution in [0, 0.1) is 23.7 Å². The molecule has 0 amide bonds. The third-order valence-corrected chi connectivity index (χ3v) is 11.0. The molecule has 0 spiro atoms. The molecule has 6 unspecified atom stereocenters. The highest BCUT2D eigenvalue weighted by Crippen LogP contribution is 2.19. The number of carbonyl (C=O) groups is 2. The fourth-order valence-corrected chi connectivity index (χ4v) is 6.65. The monoisotopic (exact) mass is 823 g/mol. The zero-order valence-corrected chi connectivity index (χ0v) is 38.2. The molecule has 0 saturated heterocycles. The van der Waals surface area contributed by atoms with Gasteiger partial charge < -0.3 is 37.9 Å². The topological polar surface area (TPSA) is 108 Å². The van der Waals surface area contributed by atoms with Gasteiger partial charge >= 0.3 is 11.9 Å². The average Bonchev–Trinajstić information content (AvgIpc) is 3.25. The Hall–Kier alpha value is -2.08. The average molecular weight is 823 g/mol.